The molecule has 1 saturated heterocycles. The van der Waals surface area contributed by atoms with Gasteiger partial charge >= 0.3 is 5.97 Å². The lowest BCUT2D eigenvalue weighted by molar-refractivity contribution is -0.138. The standard InChI is InChI=1S/C11H12N2O3.C10H12N4O5/c12-9(11(15)16)3-6-5-13-10-2-1-7(14)4-8(6)10;15-1-4-6(16)7(17)10(19-4)14-3-13-5-8(14)11-2-12-9(5)18/h1-2,4-5,9,13-14H,3,12H2,(H,15,16);2-4,6-7,10,15-17H,1H2,(H,11,12,18). The summed E-state index contributed by atoms with van der Waals surface area (Å²) in [5.41, 5.74) is 7.04. The minimum absolute atomic E-state index is 0.111. The number of aliphatic hydroxyl groups is 3. The monoisotopic (exact) mass is 488 g/mol. The highest BCUT2D eigenvalue weighted by Gasteiger charge is 2.43. The summed E-state index contributed by atoms with van der Waals surface area (Å²) in [6.07, 6.45) is 0.166. The summed E-state index contributed by atoms with van der Waals surface area (Å²) in [5, 5.41) is 47.5. The molecule has 1 aliphatic rings. The van der Waals surface area contributed by atoms with Gasteiger partial charge in [-0.15, -0.1) is 0 Å². The zero-order valence-corrected chi connectivity index (χ0v) is 18.1. The number of aromatic hydroxyl groups is 1. The second-order valence-electron chi connectivity index (χ2n) is 7.98. The molecule has 14 nitrogen and oxygen atoms in total. The highest BCUT2D eigenvalue weighted by molar-refractivity contribution is 5.85. The number of H-pyrrole nitrogens is 2. The number of rotatable bonds is 5. The molecule has 4 aromatic rings. The largest absolute Gasteiger partial charge is 0.508 e. The van der Waals surface area contributed by atoms with Gasteiger partial charge in [0.05, 0.1) is 19.3 Å². The molecule has 9 N–H and O–H groups in total. The molecule has 0 spiro atoms. The highest BCUT2D eigenvalue weighted by Crippen LogP contribution is 2.30. The van der Waals surface area contributed by atoms with Crippen molar-refractivity contribution in [3.8, 4) is 5.75 Å². The first-order valence-corrected chi connectivity index (χ1v) is 10.5. The van der Waals surface area contributed by atoms with Crippen LogP contribution in [0.5, 0.6) is 5.75 Å². The maximum atomic E-state index is 11.5. The fraction of sp³-hybridized carbons (Fsp3) is 0.333. The number of phenolic OH excluding ortho intramolecular Hbond substituents is 1. The number of imidazole rings is 1. The van der Waals surface area contributed by atoms with Crippen LogP contribution < -0.4 is 11.3 Å². The van der Waals surface area contributed by atoms with Gasteiger partial charge in [-0.25, -0.2) is 9.97 Å². The van der Waals surface area contributed by atoms with Crippen molar-refractivity contribution in [2.75, 3.05) is 6.61 Å². The molecule has 0 radical (unpaired) electrons. The SMILES string of the molecule is NC(Cc1c[nH]c2ccc(O)cc12)C(=O)O.O=c1[nH]cnc2c1ncn2C1OC(CO)C(O)C1O. The number of carbonyl (C=O) groups is 1. The average molecular weight is 488 g/mol. The number of aromatic nitrogens is 5. The van der Waals surface area contributed by atoms with E-state index in [0.29, 0.717) is 0 Å². The fourth-order valence-corrected chi connectivity index (χ4v) is 3.82. The van der Waals surface area contributed by atoms with Crippen LogP contribution in [0.25, 0.3) is 22.1 Å². The molecule has 3 aromatic heterocycles. The summed E-state index contributed by atoms with van der Waals surface area (Å²) in [5.74, 6) is -0.883. The molecule has 1 aromatic carbocycles. The molecule has 14 heteroatoms. The van der Waals surface area contributed by atoms with Crippen molar-refractivity contribution in [3.63, 3.8) is 0 Å². The minimum atomic E-state index is -1.24. The van der Waals surface area contributed by atoms with Crippen molar-refractivity contribution in [2.24, 2.45) is 5.73 Å². The average Bonchev–Trinajstić information content (AvgIpc) is 3.51. The summed E-state index contributed by atoms with van der Waals surface area (Å²) in [4.78, 5) is 35.4. The lowest BCUT2D eigenvalue weighted by Gasteiger charge is -2.16. The number of carboxylic acids is 1. The van der Waals surface area contributed by atoms with Gasteiger partial charge in [-0.3, -0.25) is 14.2 Å². The first-order valence-electron chi connectivity index (χ1n) is 10.5. The second-order valence-corrected chi connectivity index (χ2v) is 7.98. The molecule has 1 fully saturated rings. The molecule has 5 unspecified atom stereocenters. The number of benzene rings is 1. The van der Waals surface area contributed by atoms with Crippen molar-refractivity contribution >= 4 is 28.0 Å². The Balaban J connectivity index is 0.000000168. The number of phenols is 1. The molecule has 35 heavy (non-hydrogen) atoms. The highest BCUT2D eigenvalue weighted by atomic mass is 16.6. The summed E-state index contributed by atoms with van der Waals surface area (Å²) in [6.45, 7) is -0.421. The van der Waals surface area contributed by atoms with Crippen molar-refractivity contribution in [2.45, 2.75) is 37.0 Å². The zero-order chi connectivity index (χ0) is 25.3. The van der Waals surface area contributed by atoms with Crippen LogP contribution in [0.2, 0.25) is 0 Å². The van der Waals surface area contributed by atoms with Crippen LogP contribution in [-0.4, -0.2) is 87.0 Å². The topological polar surface area (TPSA) is 233 Å². The molecule has 0 amide bonds. The van der Waals surface area contributed by atoms with Crippen molar-refractivity contribution < 1.29 is 35.1 Å². The third-order valence-electron chi connectivity index (χ3n) is 5.66. The molecule has 5 rings (SSSR count). The van der Waals surface area contributed by atoms with E-state index >= 15 is 0 Å². The molecule has 4 heterocycles. The lowest BCUT2D eigenvalue weighted by Crippen LogP contribution is -2.33. The van der Waals surface area contributed by atoms with E-state index in [1.807, 2.05) is 0 Å². The van der Waals surface area contributed by atoms with Crippen LogP contribution in [0.4, 0.5) is 0 Å². The summed E-state index contributed by atoms with van der Waals surface area (Å²) in [7, 11) is 0. The zero-order valence-electron chi connectivity index (χ0n) is 18.1. The van der Waals surface area contributed by atoms with Crippen molar-refractivity contribution in [1.29, 1.82) is 0 Å². The van der Waals surface area contributed by atoms with Gasteiger partial charge in [0.2, 0.25) is 0 Å². The molecule has 186 valence electrons. The number of aromatic amines is 2. The third-order valence-corrected chi connectivity index (χ3v) is 5.66. The van der Waals surface area contributed by atoms with Crippen LogP contribution in [0, 0.1) is 0 Å². The molecule has 0 aliphatic carbocycles. The summed E-state index contributed by atoms with van der Waals surface area (Å²) in [6, 6.07) is 3.97. The van der Waals surface area contributed by atoms with Gasteiger partial charge in [0, 0.05) is 23.5 Å². The number of nitrogens with one attached hydrogen (secondary N) is 2. The summed E-state index contributed by atoms with van der Waals surface area (Å²) < 4.78 is 6.70. The van der Waals surface area contributed by atoms with E-state index in [-0.39, 0.29) is 23.3 Å². The van der Waals surface area contributed by atoms with Crippen LogP contribution in [0.1, 0.15) is 11.8 Å². The number of ether oxygens (including phenoxy) is 1. The minimum Gasteiger partial charge on any atom is -0.508 e. The number of nitrogens with zero attached hydrogens (tertiary/aromatic N) is 3. The van der Waals surface area contributed by atoms with E-state index in [1.54, 1.807) is 24.4 Å². The van der Waals surface area contributed by atoms with E-state index in [4.69, 9.17) is 20.7 Å². The van der Waals surface area contributed by atoms with Gasteiger partial charge in [0.1, 0.15) is 30.1 Å². The fourth-order valence-electron chi connectivity index (χ4n) is 3.82. The third kappa shape index (κ3) is 4.73. The van der Waals surface area contributed by atoms with Gasteiger partial charge in [0.15, 0.2) is 17.4 Å². The van der Waals surface area contributed by atoms with Crippen LogP contribution in [0.3, 0.4) is 0 Å². The van der Waals surface area contributed by atoms with E-state index in [0.717, 1.165) is 16.5 Å². The Morgan fingerprint density at radius 1 is 1.23 bits per heavy atom. The Kier molecular flexibility index (Phi) is 6.81. The summed E-state index contributed by atoms with van der Waals surface area (Å²) >= 11 is 0. The van der Waals surface area contributed by atoms with Gasteiger partial charge < -0.3 is 46.0 Å². The number of hydrogen-bond acceptors (Lipinski definition) is 10. The maximum absolute atomic E-state index is 11.5. The van der Waals surface area contributed by atoms with E-state index < -0.39 is 48.7 Å². The second kappa shape index (κ2) is 9.81. The molecule has 5 atom stereocenters. The number of nitrogens with two attached hydrogens (primary N) is 1. The predicted molar refractivity (Wildman–Crippen MR) is 120 cm³/mol. The molecular weight excluding hydrogens is 464 g/mol. The molecule has 0 bridgehead atoms. The molecular formula is C21H24N6O8. The van der Waals surface area contributed by atoms with Crippen molar-refractivity contribution in [1.82, 2.24) is 24.5 Å². The van der Waals surface area contributed by atoms with Gasteiger partial charge in [-0.2, -0.15) is 0 Å². The van der Waals surface area contributed by atoms with Crippen molar-refractivity contribution in [3.05, 3.63) is 53.0 Å². The Morgan fingerprint density at radius 3 is 2.69 bits per heavy atom. The Morgan fingerprint density at radius 2 is 2.00 bits per heavy atom. The van der Waals surface area contributed by atoms with Gasteiger partial charge in [-0.1, -0.05) is 0 Å². The normalized spacial score (nSPS) is 22.7. The number of aliphatic carboxylic acids is 1. The smallest absolute Gasteiger partial charge is 0.320 e. The van der Waals surface area contributed by atoms with Crippen LogP contribution in [-0.2, 0) is 16.0 Å². The molecule has 1 aliphatic heterocycles. The van der Waals surface area contributed by atoms with Crippen LogP contribution in [0.15, 0.2) is 41.8 Å². The number of hydrogen-bond donors (Lipinski definition) is 8. The molecule has 0 saturated carbocycles. The Bertz CT molecular complexity index is 1400. The van der Waals surface area contributed by atoms with Crippen LogP contribution >= 0.6 is 0 Å². The first-order chi connectivity index (χ1) is 16.7. The lowest BCUT2D eigenvalue weighted by atomic mass is 10.1. The quantitative estimate of drug-likeness (QED) is 0.162. The number of carboxylic acid groups (broad SMARTS) is 1. The number of fused-ring (bicyclic) bond motifs is 2. The van der Waals surface area contributed by atoms with E-state index in [9.17, 15) is 24.9 Å². The van der Waals surface area contributed by atoms with Gasteiger partial charge in [0.25, 0.3) is 5.56 Å². The van der Waals surface area contributed by atoms with Gasteiger partial charge in [-0.05, 0) is 23.8 Å². The first kappa shape index (κ1) is 24.3. The van der Waals surface area contributed by atoms with E-state index in [2.05, 4.69) is 19.9 Å². The Labute approximate surface area is 196 Å². The number of aliphatic hydroxyl groups excluding tert-OH is 3. The maximum Gasteiger partial charge on any atom is 0.320 e. The predicted octanol–water partition coefficient (Wildman–Crippen LogP) is -1.44. The Hall–Kier alpha value is -3.82. The van der Waals surface area contributed by atoms with E-state index in [1.165, 1.54) is 17.2 Å².